The van der Waals surface area contributed by atoms with Crippen LogP contribution in [0.4, 0.5) is 4.79 Å². The summed E-state index contributed by atoms with van der Waals surface area (Å²) in [7, 11) is 0. The second kappa shape index (κ2) is 8.36. The molecule has 134 valence electrons. The maximum Gasteiger partial charge on any atom is 0.410 e. The van der Waals surface area contributed by atoms with Crippen molar-refractivity contribution in [2.24, 2.45) is 5.92 Å². The quantitative estimate of drug-likeness (QED) is 0.785. The molecule has 1 heterocycles. The molecule has 1 N–H and O–H groups in total. The van der Waals surface area contributed by atoms with E-state index in [1.54, 1.807) is 0 Å². The molecule has 23 heavy (non-hydrogen) atoms. The molecule has 1 aliphatic carbocycles. The van der Waals surface area contributed by atoms with Gasteiger partial charge in [-0.05, 0) is 59.3 Å². The van der Waals surface area contributed by atoms with Crippen molar-refractivity contribution in [3.8, 4) is 0 Å². The summed E-state index contributed by atoms with van der Waals surface area (Å²) in [6.07, 6.45) is 10.3. The zero-order valence-corrected chi connectivity index (χ0v) is 15.6. The summed E-state index contributed by atoms with van der Waals surface area (Å²) in [5.74, 6) is 0.835. The highest BCUT2D eigenvalue weighted by Gasteiger charge is 2.28. The van der Waals surface area contributed by atoms with Gasteiger partial charge in [0, 0.05) is 25.2 Å². The zero-order valence-electron chi connectivity index (χ0n) is 15.6. The van der Waals surface area contributed by atoms with E-state index in [0.717, 1.165) is 31.8 Å². The molecule has 2 rings (SSSR count). The molecule has 4 nitrogen and oxygen atoms in total. The molecule has 1 saturated carbocycles. The van der Waals surface area contributed by atoms with Gasteiger partial charge in [-0.2, -0.15) is 0 Å². The Labute approximate surface area is 142 Å². The van der Waals surface area contributed by atoms with Crippen LogP contribution in [0.2, 0.25) is 0 Å². The molecule has 2 fully saturated rings. The van der Waals surface area contributed by atoms with Crippen LogP contribution in [0.1, 0.15) is 79.1 Å². The van der Waals surface area contributed by atoms with Crippen molar-refractivity contribution in [2.75, 3.05) is 13.1 Å². The van der Waals surface area contributed by atoms with Crippen molar-refractivity contribution in [3.05, 3.63) is 0 Å². The highest BCUT2D eigenvalue weighted by atomic mass is 16.6. The third-order valence-corrected chi connectivity index (χ3v) is 5.25. The summed E-state index contributed by atoms with van der Waals surface area (Å²) in [5.41, 5.74) is -0.403. The summed E-state index contributed by atoms with van der Waals surface area (Å²) < 4.78 is 5.47. The molecule has 0 aromatic rings. The van der Waals surface area contributed by atoms with E-state index in [2.05, 4.69) is 12.2 Å². The third-order valence-electron chi connectivity index (χ3n) is 5.25. The predicted octanol–water partition coefficient (Wildman–Crippen LogP) is 4.33. The Morgan fingerprint density at radius 3 is 2.13 bits per heavy atom. The second-order valence-electron chi connectivity index (χ2n) is 8.45. The monoisotopic (exact) mass is 324 g/mol. The van der Waals surface area contributed by atoms with Crippen molar-refractivity contribution >= 4 is 6.09 Å². The number of likely N-dealkylation sites (tertiary alicyclic amines) is 1. The van der Waals surface area contributed by atoms with Crippen LogP contribution < -0.4 is 5.32 Å². The molecule has 0 aromatic heterocycles. The molecule has 0 aromatic carbocycles. The summed E-state index contributed by atoms with van der Waals surface area (Å²) in [4.78, 5) is 14.0. The topological polar surface area (TPSA) is 41.6 Å². The van der Waals surface area contributed by atoms with E-state index in [4.69, 9.17) is 4.74 Å². The van der Waals surface area contributed by atoms with Crippen LogP contribution >= 0.6 is 0 Å². The van der Waals surface area contributed by atoms with Gasteiger partial charge in [-0.1, -0.05) is 25.7 Å². The number of hydrogen-bond donors (Lipinski definition) is 1. The third kappa shape index (κ3) is 6.33. The Kier molecular flexibility index (Phi) is 6.75. The number of nitrogens with zero attached hydrogens (tertiary/aromatic N) is 1. The Balaban J connectivity index is 1.72. The van der Waals surface area contributed by atoms with Gasteiger partial charge in [-0.3, -0.25) is 0 Å². The highest BCUT2D eigenvalue weighted by Crippen LogP contribution is 2.26. The molecule has 0 bridgehead atoms. The highest BCUT2D eigenvalue weighted by molar-refractivity contribution is 5.68. The summed E-state index contributed by atoms with van der Waals surface area (Å²) in [6, 6.07) is 1.15. The first-order chi connectivity index (χ1) is 10.8. The van der Waals surface area contributed by atoms with Gasteiger partial charge in [-0.15, -0.1) is 0 Å². The first-order valence-corrected chi connectivity index (χ1v) is 9.59. The Hall–Kier alpha value is -0.770. The van der Waals surface area contributed by atoms with E-state index in [-0.39, 0.29) is 6.09 Å². The molecule has 4 heteroatoms. The lowest BCUT2D eigenvalue weighted by Crippen LogP contribution is -2.49. The van der Waals surface area contributed by atoms with Gasteiger partial charge in [0.05, 0.1) is 0 Å². The lowest BCUT2D eigenvalue weighted by Gasteiger charge is -2.36. The minimum absolute atomic E-state index is 0.159. The SMILES string of the molecule is C[C@@H](NC1CCN(C(=O)OC(C)(C)C)CC1)C1CCCCCC1. The number of rotatable bonds is 3. The first-order valence-electron chi connectivity index (χ1n) is 9.59. The van der Waals surface area contributed by atoms with Gasteiger partial charge >= 0.3 is 6.09 Å². The summed E-state index contributed by atoms with van der Waals surface area (Å²) in [6.45, 7) is 9.75. The number of hydrogen-bond acceptors (Lipinski definition) is 3. The molecule has 0 spiro atoms. The predicted molar refractivity (Wildman–Crippen MR) is 94.6 cm³/mol. The number of amides is 1. The lowest BCUT2D eigenvalue weighted by atomic mass is 9.91. The average Bonchev–Trinajstić information content (AvgIpc) is 2.75. The van der Waals surface area contributed by atoms with Gasteiger partial charge in [0.1, 0.15) is 5.60 Å². The summed E-state index contributed by atoms with van der Waals surface area (Å²) in [5, 5.41) is 3.85. The molecule has 1 saturated heterocycles. The maximum absolute atomic E-state index is 12.1. The van der Waals surface area contributed by atoms with Crippen LogP contribution in [0, 0.1) is 5.92 Å². The van der Waals surface area contributed by atoms with Gasteiger partial charge in [0.25, 0.3) is 0 Å². The Morgan fingerprint density at radius 2 is 1.61 bits per heavy atom. The average molecular weight is 325 g/mol. The number of piperidine rings is 1. The van der Waals surface area contributed by atoms with E-state index in [9.17, 15) is 4.79 Å². The first kappa shape index (κ1) is 18.6. The van der Waals surface area contributed by atoms with E-state index < -0.39 is 5.60 Å². The Morgan fingerprint density at radius 1 is 1.04 bits per heavy atom. The van der Waals surface area contributed by atoms with Gasteiger partial charge in [-0.25, -0.2) is 4.79 Å². The van der Waals surface area contributed by atoms with E-state index in [1.807, 2.05) is 25.7 Å². The molecule has 0 radical (unpaired) electrons. The fraction of sp³-hybridized carbons (Fsp3) is 0.947. The van der Waals surface area contributed by atoms with Crippen molar-refractivity contribution in [3.63, 3.8) is 0 Å². The molecule has 1 atom stereocenters. The van der Waals surface area contributed by atoms with Crippen LogP contribution in [-0.4, -0.2) is 41.8 Å². The second-order valence-corrected chi connectivity index (χ2v) is 8.45. The van der Waals surface area contributed by atoms with E-state index in [0.29, 0.717) is 12.1 Å². The number of ether oxygens (including phenoxy) is 1. The van der Waals surface area contributed by atoms with E-state index >= 15 is 0 Å². The zero-order chi connectivity index (χ0) is 16.9. The van der Waals surface area contributed by atoms with Crippen molar-refractivity contribution < 1.29 is 9.53 Å². The van der Waals surface area contributed by atoms with Crippen LogP contribution in [0.15, 0.2) is 0 Å². The molecule has 2 aliphatic rings. The summed E-state index contributed by atoms with van der Waals surface area (Å²) >= 11 is 0. The molecular formula is C19H36N2O2. The molecule has 1 amide bonds. The number of carbonyl (C=O) groups is 1. The van der Waals surface area contributed by atoms with Crippen molar-refractivity contribution in [2.45, 2.75) is 96.7 Å². The molecule has 0 unspecified atom stereocenters. The van der Waals surface area contributed by atoms with Crippen LogP contribution in [-0.2, 0) is 4.74 Å². The van der Waals surface area contributed by atoms with Crippen molar-refractivity contribution in [1.29, 1.82) is 0 Å². The van der Waals surface area contributed by atoms with E-state index in [1.165, 1.54) is 38.5 Å². The lowest BCUT2D eigenvalue weighted by molar-refractivity contribution is 0.0194. The van der Waals surface area contributed by atoms with Crippen LogP contribution in [0.25, 0.3) is 0 Å². The fourth-order valence-corrected chi connectivity index (χ4v) is 3.87. The van der Waals surface area contributed by atoms with Gasteiger partial charge < -0.3 is 15.0 Å². The Bertz CT molecular complexity index is 362. The smallest absolute Gasteiger partial charge is 0.410 e. The minimum Gasteiger partial charge on any atom is -0.444 e. The standard InChI is InChI=1S/C19H36N2O2/c1-15(16-9-7-5-6-8-10-16)20-17-11-13-21(14-12-17)18(22)23-19(2,3)4/h15-17,20H,5-14H2,1-4H3/t15-/m1/s1. The number of carbonyl (C=O) groups excluding carboxylic acids is 1. The minimum atomic E-state index is -0.403. The van der Waals surface area contributed by atoms with Crippen molar-refractivity contribution in [1.82, 2.24) is 10.2 Å². The maximum atomic E-state index is 12.1. The van der Waals surface area contributed by atoms with Gasteiger partial charge in [0.15, 0.2) is 0 Å². The largest absolute Gasteiger partial charge is 0.444 e. The molecule has 1 aliphatic heterocycles. The number of nitrogens with one attached hydrogen (secondary N) is 1. The molecular weight excluding hydrogens is 288 g/mol. The van der Waals surface area contributed by atoms with Gasteiger partial charge in [0.2, 0.25) is 0 Å². The normalized spacial score (nSPS) is 23.4. The fourth-order valence-electron chi connectivity index (χ4n) is 3.87. The van der Waals surface area contributed by atoms with Crippen LogP contribution in [0.5, 0.6) is 0 Å². The van der Waals surface area contributed by atoms with Crippen LogP contribution in [0.3, 0.4) is 0 Å².